The Morgan fingerprint density at radius 1 is 0.913 bits per heavy atom. The molecule has 6 heterocycles. The Hall–Kier alpha value is -4.17. The predicted octanol–water partition coefficient (Wildman–Crippen LogP) is 4.47. The smallest absolute Gasteiger partial charge is 0.490 e. The number of anilines is 4. The third-order valence-electron chi connectivity index (χ3n) is 8.96. The van der Waals surface area contributed by atoms with Gasteiger partial charge in [-0.15, -0.1) is 0 Å². The molecule has 3 fully saturated rings. The molecule has 14 heteroatoms. The highest BCUT2D eigenvalue weighted by Crippen LogP contribution is 2.40. The molecule has 3 saturated heterocycles. The molecule has 1 aromatic carbocycles. The van der Waals surface area contributed by atoms with Gasteiger partial charge in [-0.1, -0.05) is 12.1 Å². The molecule has 46 heavy (non-hydrogen) atoms. The summed E-state index contributed by atoms with van der Waals surface area (Å²) in [7, 11) is 0. The molecule has 0 aliphatic carbocycles. The minimum atomic E-state index is -5.08. The lowest BCUT2D eigenvalue weighted by Crippen LogP contribution is -2.44. The molecule has 0 amide bonds. The normalized spacial score (nSPS) is 19.2. The third-order valence-corrected chi connectivity index (χ3v) is 8.96. The van der Waals surface area contributed by atoms with Crippen LogP contribution in [0.4, 0.5) is 36.4 Å². The number of halogens is 3. The van der Waals surface area contributed by atoms with E-state index < -0.39 is 12.1 Å². The van der Waals surface area contributed by atoms with Crippen molar-refractivity contribution in [1.29, 1.82) is 0 Å². The second kappa shape index (κ2) is 13.7. The third kappa shape index (κ3) is 7.12. The maximum absolute atomic E-state index is 10.6. The van der Waals surface area contributed by atoms with Gasteiger partial charge in [-0.2, -0.15) is 18.2 Å². The van der Waals surface area contributed by atoms with Crippen LogP contribution in [-0.2, 0) is 16.0 Å². The van der Waals surface area contributed by atoms with Crippen LogP contribution in [0.15, 0.2) is 42.6 Å². The summed E-state index contributed by atoms with van der Waals surface area (Å²) in [6.45, 7) is 8.37. The first-order chi connectivity index (χ1) is 22.2. The summed E-state index contributed by atoms with van der Waals surface area (Å²) >= 11 is 0. The summed E-state index contributed by atoms with van der Waals surface area (Å²) in [5.74, 6) is 0.217. The van der Waals surface area contributed by atoms with Crippen LogP contribution < -0.4 is 14.7 Å². The first-order valence-electron chi connectivity index (χ1n) is 15.7. The molecule has 3 aromatic rings. The van der Waals surface area contributed by atoms with Gasteiger partial charge in [0.2, 0.25) is 5.95 Å². The highest BCUT2D eigenvalue weighted by Gasteiger charge is 2.38. The van der Waals surface area contributed by atoms with Gasteiger partial charge in [0, 0.05) is 67.8 Å². The zero-order valence-corrected chi connectivity index (χ0v) is 25.5. The standard InChI is InChI=1S/C30H37N7O2.C2HF3O2/c38-25-5-3-4-22(20-25)28-26-9-15-37(29(26)33-30(32-28)36-16-18-39-19-17-36)24-6-10-31-27(21-24)35-13-7-23(8-14-35)34-11-1-2-12-34;3-2(4,5)1(6)7/h3-6,10,20-21,23,38H,1-2,7-9,11-19H2;(H,6,7). The molecule has 2 aromatic heterocycles. The lowest BCUT2D eigenvalue weighted by atomic mass is 10.0. The molecule has 4 aliphatic rings. The summed E-state index contributed by atoms with van der Waals surface area (Å²) in [5, 5.41) is 17.3. The lowest BCUT2D eigenvalue weighted by molar-refractivity contribution is -0.192. The van der Waals surface area contributed by atoms with E-state index in [0.717, 1.165) is 85.3 Å². The zero-order chi connectivity index (χ0) is 32.3. The first-order valence-corrected chi connectivity index (χ1v) is 15.7. The van der Waals surface area contributed by atoms with Crippen molar-refractivity contribution in [3.8, 4) is 17.0 Å². The van der Waals surface area contributed by atoms with Gasteiger partial charge >= 0.3 is 12.1 Å². The minimum Gasteiger partial charge on any atom is -0.508 e. The van der Waals surface area contributed by atoms with E-state index in [1.165, 1.54) is 38.8 Å². The van der Waals surface area contributed by atoms with Crippen LogP contribution in [-0.4, -0.2) is 107 Å². The van der Waals surface area contributed by atoms with E-state index in [9.17, 15) is 18.3 Å². The van der Waals surface area contributed by atoms with Gasteiger partial charge in [0.25, 0.3) is 0 Å². The van der Waals surface area contributed by atoms with Crippen molar-refractivity contribution in [2.75, 3.05) is 73.7 Å². The number of hydrogen-bond acceptors (Lipinski definition) is 10. The highest BCUT2D eigenvalue weighted by atomic mass is 19.4. The first kappa shape index (κ1) is 31.8. The molecule has 0 bridgehead atoms. The van der Waals surface area contributed by atoms with Crippen molar-refractivity contribution in [2.45, 2.75) is 44.3 Å². The number of benzene rings is 1. The van der Waals surface area contributed by atoms with Gasteiger partial charge in [-0.3, -0.25) is 0 Å². The van der Waals surface area contributed by atoms with Gasteiger partial charge in [-0.05, 0) is 63.4 Å². The van der Waals surface area contributed by atoms with E-state index in [1.807, 2.05) is 18.3 Å². The van der Waals surface area contributed by atoms with E-state index in [-0.39, 0.29) is 5.75 Å². The number of likely N-dealkylation sites (tertiary alicyclic amines) is 1. The van der Waals surface area contributed by atoms with Gasteiger partial charge in [-0.25, -0.2) is 14.8 Å². The number of pyridine rings is 1. The fraction of sp³-hybridized carbons (Fsp3) is 0.500. The Kier molecular flexibility index (Phi) is 9.45. The van der Waals surface area contributed by atoms with Crippen LogP contribution in [0.25, 0.3) is 11.3 Å². The Labute approximate surface area is 265 Å². The maximum atomic E-state index is 10.6. The topological polar surface area (TPSA) is 118 Å². The number of carboxylic acid groups (broad SMARTS) is 1. The minimum absolute atomic E-state index is 0.245. The molecule has 0 spiro atoms. The number of nitrogens with zero attached hydrogens (tertiary/aromatic N) is 7. The molecule has 4 aliphatic heterocycles. The fourth-order valence-electron chi connectivity index (χ4n) is 6.61. The number of ether oxygens (including phenoxy) is 1. The number of phenols is 1. The van der Waals surface area contributed by atoms with Crippen molar-refractivity contribution < 1.29 is 32.9 Å². The van der Waals surface area contributed by atoms with Crippen molar-refractivity contribution in [2.24, 2.45) is 0 Å². The van der Waals surface area contributed by atoms with Crippen LogP contribution in [0.3, 0.4) is 0 Å². The molecule has 11 nitrogen and oxygen atoms in total. The van der Waals surface area contributed by atoms with E-state index in [0.29, 0.717) is 13.2 Å². The number of phenolic OH excluding ortho intramolecular Hbond substituents is 1. The van der Waals surface area contributed by atoms with Crippen molar-refractivity contribution >= 4 is 29.2 Å². The van der Waals surface area contributed by atoms with Crippen LogP contribution in [0.1, 0.15) is 31.2 Å². The Morgan fingerprint density at radius 2 is 1.63 bits per heavy atom. The summed E-state index contributed by atoms with van der Waals surface area (Å²) in [6.07, 6.45) is 2.83. The number of fused-ring (bicyclic) bond motifs is 1. The molecule has 246 valence electrons. The molecule has 0 radical (unpaired) electrons. The Bertz CT molecular complexity index is 1520. The van der Waals surface area contributed by atoms with Crippen molar-refractivity contribution in [3.63, 3.8) is 0 Å². The maximum Gasteiger partial charge on any atom is 0.490 e. The largest absolute Gasteiger partial charge is 0.508 e. The number of carbonyl (C=O) groups is 1. The number of carboxylic acids is 1. The highest BCUT2D eigenvalue weighted by molar-refractivity contribution is 5.78. The SMILES string of the molecule is O=C(O)C(F)(F)F.Oc1cccc(-c2nc(N3CCOCC3)nc3c2CCN3c2ccnc(N3CCC(N4CCCC4)CC3)c2)c1. The number of hydrogen-bond donors (Lipinski definition) is 2. The van der Waals surface area contributed by atoms with Crippen LogP contribution >= 0.6 is 0 Å². The number of rotatable bonds is 5. The average Bonchev–Trinajstić information content (AvgIpc) is 3.76. The quantitative estimate of drug-likeness (QED) is 0.411. The number of aliphatic carboxylic acids is 1. The number of aromatic nitrogens is 3. The molecule has 7 rings (SSSR count). The van der Waals surface area contributed by atoms with E-state index >= 15 is 0 Å². The summed E-state index contributed by atoms with van der Waals surface area (Å²) in [4.78, 5) is 33.5. The van der Waals surface area contributed by atoms with Gasteiger partial charge in [0.15, 0.2) is 0 Å². The second-order valence-electron chi connectivity index (χ2n) is 11.9. The molecule has 0 unspecified atom stereocenters. The number of alkyl halides is 3. The average molecular weight is 642 g/mol. The monoisotopic (exact) mass is 641 g/mol. The summed E-state index contributed by atoms with van der Waals surface area (Å²) < 4.78 is 37.3. The van der Waals surface area contributed by atoms with E-state index in [2.05, 4.69) is 31.7 Å². The van der Waals surface area contributed by atoms with Crippen LogP contribution in [0.5, 0.6) is 5.75 Å². The van der Waals surface area contributed by atoms with Crippen molar-refractivity contribution in [3.05, 3.63) is 48.2 Å². The molecular formula is C32H38F3N7O4. The number of aromatic hydroxyl groups is 1. The molecule has 0 saturated carbocycles. The van der Waals surface area contributed by atoms with Gasteiger partial charge < -0.3 is 34.5 Å². The summed E-state index contributed by atoms with van der Waals surface area (Å²) in [6, 6.07) is 12.4. The molecule has 0 atom stereocenters. The van der Waals surface area contributed by atoms with E-state index in [4.69, 9.17) is 29.6 Å². The molecular weight excluding hydrogens is 603 g/mol. The fourth-order valence-corrected chi connectivity index (χ4v) is 6.61. The molecule has 2 N–H and O–H groups in total. The van der Waals surface area contributed by atoms with Gasteiger partial charge in [0.05, 0.1) is 18.9 Å². The Balaban J connectivity index is 0.000000480. The Morgan fingerprint density at radius 3 is 2.30 bits per heavy atom. The lowest BCUT2D eigenvalue weighted by Gasteiger charge is -2.37. The van der Waals surface area contributed by atoms with Gasteiger partial charge in [0.1, 0.15) is 17.4 Å². The van der Waals surface area contributed by atoms with Crippen LogP contribution in [0, 0.1) is 0 Å². The van der Waals surface area contributed by atoms with Crippen molar-refractivity contribution in [1.82, 2.24) is 19.9 Å². The predicted molar refractivity (Wildman–Crippen MR) is 167 cm³/mol. The number of morpholine rings is 1. The zero-order valence-electron chi connectivity index (χ0n) is 25.5. The number of piperidine rings is 1. The van der Waals surface area contributed by atoms with E-state index in [1.54, 1.807) is 12.1 Å². The second-order valence-corrected chi connectivity index (χ2v) is 11.9. The van der Waals surface area contributed by atoms with Crippen LogP contribution in [0.2, 0.25) is 0 Å². The summed E-state index contributed by atoms with van der Waals surface area (Å²) in [5.41, 5.74) is 4.07.